The van der Waals surface area contributed by atoms with Gasteiger partial charge in [-0.25, -0.2) is 0 Å². The normalized spacial score (nSPS) is 12.9. The zero-order valence-electron chi connectivity index (χ0n) is 11.2. The Balaban J connectivity index is 1.91. The lowest BCUT2D eigenvalue weighted by Gasteiger charge is -2.20. The second kappa shape index (κ2) is 5.87. The van der Waals surface area contributed by atoms with Crippen molar-refractivity contribution in [2.75, 3.05) is 17.2 Å². The highest BCUT2D eigenvalue weighted by Crippen LogP contribution is 2.32. The van der Waals surface area contributed by atoms with Crippen molar-refractivity contribution in [3.05, 3.63) is 52.0 Å². The zero-order valence-corrected chi connectivity index (χ0v) is 12.7. The molecule has 0 saturated heterocycles. The van der Waals surface area contributed by atoms with Gasteiger partial charge in [-0.1, -0.05) is 29.3 Å². The molecule has 0 saturated carbocycles. The van der Waals surface area contributed by atoms with Crippen molar-refractivity contribution >= 4 is 46.4 Å². The van der Waals surface area contributed by atoms with E-state index in [9.17, 15) is 9.59 Å². The number of halogens is 2. The van der Waals surface area contributed by atoms with Crippen LogP contribution >= 0.6 is 23.2 Å². The van der Waals surface area contributed by atoms with Crippen molar-refractivity contribution in [3.63, 3.8) is 0 Å². The van der Waals surface area contributed by atoms with Gasteiger partial charge in [-0.2, -0.15) is 0 Å². The Morgan fingerprint density at radius 3 is 2.64 bits per heavy atom. The van der Waals surface area contributed by atoms with Crippen LogP contribution < -0.4 is 15.4 Å². The number of hydrogen-bond donors (Lipinski definition) is 2. The van der Waals surface area contributed by atoms with E-state index < -0.39 is 5.91 Å². The molecule has 1 aliphatic heterocycles. The maximum atomic E-state index is 12.4. The SMILES string of the molecule is O=C1COc2cccc(C(=O)Nc3cc(Cl)cc(Cl)c3)c2N1. The van der Waals surface area contributed by atoms with Gasteiger partial charge in [-0.15, -0.1) is 0 Å². The third-order valence-electron chi connectivity index (χ3n) is 3.01. The van der Waals surface area contributed by atoms with Crippen molar-refractivity contribution in [1.29, 1.82) is 0 Å². The Morgan fingerprint density at radius 1 is 1.18 bits per heavy atom. The average Bonchev–Trinajstić information content (AvgIpc) is 2.45. The largest absolute Gasteiger partial charge is 0.482 e. The zero-order chi connectivity index (χ0) is 15.7. The lowest BCUT2D eigenvalue weighted by Crippen LogP contribution is -2.27. The van der Waals surface area contributed by atoms with E-state index in [1.165, 1.54) is 0 Å². The second-order valence-electron chi connectivity index (χ2n) is 4.63. The summed E-state index contributed by atoms with van der Waals surface area (Å²) >= 11 is 11.8. The van der Waals surface area contributed by atoms with Crippen LogP contribution in [0.4, 0.5) is 11.4 Å². The predicted octanol–water partition coefficient (Wildman–Crippen LogP) is 3.58. The standard InChI is InChI=1S/C15H10Cl2N2O3/c16-8-4-9(17)6-10(5-8)18-15(21)11-2-1-3-12-14(11)19-13(20)7-22-12/h1-6H,7H2,(H,18,21)(H,19,20). The summed E-state index contributed by atoms with van der Waals surface area (Å²) in [5.41, 5.74) is 1.11. The average molecular weight is 337 g/mol. The lowest BCUT2D eigenvalue weighted by molar-refractivity contribution is -0.118. The number of ether oxygens (including phenoxy) is 1. The van der Waals surface area contributed by atoms with E-state index in [0.29, 0.717) is 32.7 Å². The van der Waals surface area contributed by atoms with Crippen LogP contribution in [-0.4, -0.2) is 18.4 Å². The van der Waals surface area contributed by atoms with Gasteiger partial charge in [0.1, 0.15) is 5.75 Å². The molecule has 2 aromatic carbocycles. The molecule has 1 aliphatic rings. The number of hydrogen-bond acceptors (Lipinski definition) is 3. The fourth-order valence-electron chi connectivity index (χ4n) is 2.11. The van der Waals surface area contributed by atoms with E-state index in [0.717, 1.165) is 0 Å². The van der Waals surface area contributed by atoms with Crippen LogP contribution in [0.5, 0.6) is 5.75 Å². The topological polar surface area (TPSA) is 67.4 Å². The summed E-state index contributed by atoms with van der Waals surface area (Å²) < 4.78 is 5.28. The Labute approximate surface area is 136 Å². The Bertz CT molecular complexity index is 757. The molecule has 5 nitrogen and oxygen atoms in total. The number of carbonyl (C=O) groups excluding carboxylic acids is 2. The molecule has 2 N–H and O–H groups in total. The molecule has 0 aromatic heterocycles. The second-order valence-corrected chi connectivity index (χ2v) is 5.50. The number of fused-ring (bicyclic) bond motifs is 1. The maximum Gasteiger partial charge on any atom is 0.262 e. The number of para-hydroxylation sites is 1. The lowest BCUT2D eigenvalue weighted by atomic mass is 10.1. The molecule has 0 atom stereocenters. The quantitative estimate of drug-likeness (QED) is 0.880. The van der Waals surface area contributed by atoms with Crippen molar-refractivity contribution in [3.8, 4) is 5.75 Å². The maximum absolute atomic E-state index is 12.4. The van der Waals surface area contributed by atoms with Gasteiger partial charge in [0.25, 0.3) is 11.8 Å². The highest BCUT2D eigenvalue weighted by molar-refractivity contribution is 6.35. The molecule has 2 amide bonds. The molecule has 7 heteroatoms. The first-order valence-corrected chi connectivity index (χ1v) is 7.11. The number of benzene rings is 2. The number of rotatable bonds is 2. The monoisotopic (exact) mass is 336 g/mol. The minimum Gasteiger partial charge on any atom is -0.482 e. The molecular weight excluding hydrogens is 327 g/mol. The first-order chi connectivity index (χ1) is 10.5. The van der Waals surface area contributed by atoms with Gasteiger partial charge in [0.15, 0.2) is 6.61 Å². The molecule has 0 unspecified atom stereocenters. The summed E-state index contributed by atoms with van der Waals surface area (Å²) in [6.45, 7) is -0.0675. The number of carbonyl (C=O) groups is 2. The molecule has 112 valence electrons. The first-order valence-electron chi connectivity index (χ1n) is 6.36. The van der Waals surface area contributed by atoms with E-state index >= 15 is 0 Å². The van der Waals surface area contributed by atoms with Crippen molar-refractivity contribution in [2.24, 2.45) is 0 Å². The molecule has 1 heterocycles. The van der Waals surface area contributed by atoms with Crippen molar-refractivity contribution < 1.29 is 14.3 Å². The van der Waals surface area contributed by atoms with Gasteiger partial charge in [-0.05, 0) is 30.3 Å². The third-order valence-corrected chi connectivity index (χ3v) is 3.45. The Hall–Kier alpha value is -2.24. The highest BCUT2D eigenvalue weighted by atomic mass is 35.5. The summed E-state index contributed by atoms with van der Waals surface area (Å²) in [6, 6.07) is 9.68. The van der Waals surface area contributed by atoms with Crippen LogP contribution in [0.3, 0.4) is 0 Å². The van der Waals surface area contributed by atoms with Crippen LogP contribution in [0, 0.1) is 0 Å². The Morgan fingerprint density at radius 2 is 1.91 bits per heavy atom. The van der Waals surface area contributed by atoms with Gasteiger partial charge < -0.3 is 15.4 Å². The number of amides is 2. The molecular formula is C15H10Cl2N2O3. The minimum atomic E-state index is -0.402. The molecule has 0 radical (unpaired) electrons. The van der Waals surface area contributed by atoms with Gasteiger partial charge in [0.05, 0.1) is 11.3 Å². The van der Waals surface area contributed by atoms with Crippen molar-refractivity contribution in [1.82, 2.24) is 0 Å². The van der Waals surface area contributed by atoms with E-state index in [2.05, 4.69) is 10.6 Å². The molecule has 22 heavy (non-hydrogen) atoms. The molecule has 0 bridgehead atoms. The predicted molar refractivity (Wildman–Crippen MR) is 85.0 cm³/mol. The Kier molecular flexibility index (Phi) is 3.92. The van der Waals surface area contributed by atoms with Gasteiger partial charge >= 0.3 is 0 Å². The summed E-state index contributed by atoms with van der Waals surface area (Å²) in [7, 11) is 0. The van der Waals surface area contributed by atoms with Crippen LogP contribution in [-0.2, 0) is 4.79 Å². The summed E-state index contributed by atoms with van der Waals surface area (Å²) in [5, 5.41) is 6.15. The van der Waals surface area contributed by atoms with Crippen LogP contribution in [0.2, 0.25) is 10.0 Å². The molecule has 2 aromatic rings. The molecule has 0 fully saturated rings. The molecule has 0 spiro atoms. The van der Waals surface area contributed by atoms with Crippen LogP contribution in [0.15, 0.2) is 36.4 Å². The van der Waals surface area contributed by atoms with Gasteiger partial charge in [-0.3, -0.25) is 9.59 Å². The summed E-state index contributed by atoms with van der Waals surface area (Å²) in [6.07, 6.45) is 0. The van der Waals surface area contributed by atoms with Crippen LogP contribution in [0.25, 0.3) is 0 Å². The fraction of sp³-hybridized carbons (Fsp3) is 0.0667. The molecule has 0 aliphatic carbocycles. The van der Waals surface area contributed by atoms with Gasteiger partial charge in [0, 0.05) is 15.7 Å². The smallest absolute Gasteiger partial charge is 0.262 e. The number of anilines is 2. The highest BCUT2D eigenvalue weighted by Gasteiger charge is 2.22. The van der Waals surface area contributed by atoms with Crippen LogP contribution in [0.1, 0.15) is 10.4 Å². The summed E-state index contributed by atoms with van der Waals surface area (Å²) in [5.74, 6) is -0.254. The number of nitrogens with one attached hydrogen (secondary N) is 2. The fourth-order valence-corrected chi connectivity index (χ4v) is 2.64. The first kappa shape index (κ1) is 14.7. The van der Waals surface area contributed by atoms with E-state index in [1.807, 2.05) is 0 Å². The summed E-state index contributed by atoms with van der Waals surface area (Å²) in [4.78, 5) is 23.9. The van der Waals surface area contributed by atoms with Crippen molar-refractivity contribution in [2.45, 2.75) is 0 Å². The minimum absolute atomic E-state index is 0.0675. The third kappa shape index (κ3) is 3.00. The van der Waals surface area contributed by atoms with Gasteiger partial charge in [0.2, 0.25) is 0 Å². The van der Waals surface area contributed by atoms with E-state index in [4.69, 9.17) is 27.9 Å². The van der Waals surface area contributed by atoms with E-state index in [1.54, 1.807) is 36.4 Å². The molecule has 3 rings (SSSR count). The van der Waals surface area contributed by atoms with E-state index in [-0.39, 0.29) is 12.5 Å².